The number of likely N-dealkylation sites (tertiary alicyclic amines) is 1. The second-order valence-corrected chi connectivity index (χ2v) is 14.9. The van der Waals surface area contributed by atoms with Crippen molar-refractivity contribution >= 4 is 17.6 Å². The van der Waals surface area contributed by atoms with Crippen molar-refractivity contribution in [3.63, 3.8) is 0 Å². The van der Waals surface area contributed by atoms with E-state index in [9.17, 15) is 29.8 Å². The molecule has 61 heavy (non-hydrogen) atoms. The minimum atomic E-state index is -0.956. The zero-order valence-electron chi connectivity index (χ0n) is 34.7. The Hall–Kier alpha value is -5.83. The monoisotopic (exact) mass is 856 g/mol. The lowest BCUT2D eigenvalue weighted by Crippen LogP contribution is -2.53. The smallest absolute Gasteiger partial charge is 0.306 e. The Labute approximate surface area is 353 Å². The van der Waals surface area contributed by atoms with E-state index in [2.05, 4.69) is 41.3 Å². The molecule has 2 aliphatic rings. The number of rotatable bonds is 27. The number of methoxy groups -OCH3 is 2. The van der Waals surface area contributed by atoms with Crippen LogP contribution in [0.2, 0.25) is 0 Å². The molecule has 21 nitrogen and oxygen atoms in total. The van der Waals surface area contributed by atoms with E-state index in [1.54, 1.807) is 19.1 Å². The number of fused-ring (bicyclic) bond motifs is 1. The van der Waals surface area contributed by atoms with Gasteiger partial charge in [-0.15, -0.1) is 30.4 Å². The van der Waals surface area contributed by atoms with Crippen LogP contribution >= 0.6 is 0 Å². The van der Waals surface area contributed by atoms with Crippen LogP contribution < -0.4 is 14.4 Å². The molecule has 2 aliphatic heterocycles. The number of ether oxygens (including phenoxy) is 5. The summed E-state index contributed by atoms with van der Waals surface area (Å²) in [7, 11) is 3.29. The summed E-state index contributed by atoms with van der Waals surface area (Å²) in [5.74, 6) is 0.789. The molecule has 1 fully saturated rings. The van der Waals surface area contributed by atoms with Crippen LogP contribution in [0.25, 0.3) is 0 Å². The number of aromatic nitrogens is 4. The zero-order valence-corrected chi connectivity index (χ0v) is 34.7. The third-order valence-corrected chi connectivity index (χ3v) is 10.7. The van der Waals surface area contributed by atoms with Crippen molar-refractivity contribution in [2.75, 3.05) is 65.2 Å². The molecule has 1 amide bonds. The van der Waals surface area contributed by atoms with Crippen LogP contribution in [0.4, 0.5) is 5.69 Å². The molecule has 1 aromatic heterocycles. The highest BCUT2D eigenvalue weighted by atomic mass is 17.0. The van der Waals surface area contributed by atoms with Crippen LogP contribution in [0.1, 0.15) is 99.6 Å². The second-order valence-electron chi connectivity index (χ2n) is 14.9. The molecular formula is C40H56N8O13. The number of nitrogens with one attached hydrogen (secondary N) is 1. The number of hydrogen-bond acceptors (Lipinski definition) is 17. The molecule has 4 atom stereocenters. The summed E-state index contributed by atoms with van der Waals surface area (Å²) in [6, 6.07) is 13.3. The van der Waals surface area contributed by atoms with Crippen molar-refractivity contribution in [3.8, 4) is 11.5 Å². The van der Waals surface area contributed by atoms with Crippen LogP contribution in [-0.4, -0.2) is 120 Å². The second kappa shape index (κ2) is 24.4. The summed E-state index contributed by atoms with van der Waals surface area (Å²) in [4.78, 5) is 61.4. The maximum Gasteiger partial charge on any atom is 0.306 e. The molecule has 0 aliphatic carbocycles. The van der Waals surface area contributed by atoms with Crippen LogP contribution in [0.5, 0.6) is 11.5 Å². The number of hydrogen-bond donors (Lipinski definition) is 1. The first-order chi connectivity index (χ1) is 29.6. The average molecular weight is 857 g/mol. The molecule has 3 aromatic rings. The van der Waals surface area contributed by atoms with Gasteiger partial charge in [0.2, 0.25) is 11.7 Å². The molecule has 1 saturated heterocycles. The van der Waals surface area contributed by atoms with Gasteiger partial charge in [-0.3, -0.25) is 9.59 Å². The molecule has 0 radical (unpaired) electrons. The first-order valence-corrected chi connectivity index (χ1v) is 20.7. The Morgan fingerprint density at radius 2 is 1.67 bits per heavy atom. The van der Waals surface area contributed by atoms with E-state index in [4.69, 9.17) is 23.7 Å². The van der Waals surface area contributed by atoms with Gasteiger partial charge in [-0.25, -0.2) is 0 Å². The molecule has 4 unspecified atom stereocenters. The molecule has 334 valence electrons. The fourth-order valence-electron chi connectivity index (χ4n) is 7.69. The van der Waals surface area contributed by atoms with Crippen molar-refractivity contribution < 1.29 is 53.1 Å². The molecule has 0 spiro atoms. The van der Waals surface area contributed by atoms with Gasteiger partial charge in [0.1, 0.15) is 18.1 Å². The molecular weight excluding hydrogens is 800 g/mol. The molecule has 2 aromatic carbocycles. The zero-order chi connectivity index (χ0) is 43.4. The number of anilines is 1. The SMILES string of the molecule is COCCCN1CCOc2ccc(COC3CN(C(=O)CCCCCO[N+](=O)[O-])C(CC(OC(=O)CCCCCO[N+](=O)[O-])c4nn[nH]n4)CC3c3ccc(OC)cc3)cc21. The molecule has 0 bridgehead atoms. The largest absolute Gasteiger partial charge is 0.497 e. The van der Waals surface area contributed by atoms with E-state index in [1.807, 2.05) is 36.4 Å². The number of benzene rings is 2. The number of nitrogens with zero attached hydrogens (tertiary/aromatic N) is 7. The third-order valence-electron chi connectivity index (χ3n) is 10.7. The first kappa shape index (κ1) is 46.2. The molecule has 0 saturated carbocycles. The fraction of sp³-hybridized carbons (Fsp3) is 0.625. The van der Waals surface area contributed by atoms with E-state index in [0.29, 0.717) is 63.9 Å². The molecule has 3 heterocycles. The van der Waals surface area contributed by atoms with Crippen molar-refractivity contribution in [1.82, 2.24) is 25.5 Å². The highest BCUT2D eigenvalue weighted by Gasteiger charge is 2.41. The maximum absolute atomic E-state index is 14.2. The standard InChI is InChI=1S/C40H56N8O13/c1-55-20-9-18-45-19-23-57-35-17-12-29(24-34(35)45)28-58-37-27-46(38(49)10-5-3-7-21-59-47(51)52)31(25-33(37)30-13-15-32(56-2)16-14-30)26-36(40-41-43-44-42-40)61-39(50)11-6-4-8-22-60-48(53)54/h12-17,24,31,33,36-37H,3-11,18-23,25-28H2,1-2H3,(H,41,42,43,44). The minimum absolute atomic E-state index is 0.0460. The van der Waals surface area contributed by atoms with Gasteiger partial charge in [-0.1, -0.05) is 36.3 Å². The van der Waals surface area contributed by atoms with Crippen molar-refractivity contribution in [1.29, 1.82) is 0 Å². The van der Waals surface area contributed by atoms with Crippen LogP contribution in [0, 0.1) is 20.2 Å². The number of piperidine rings is 1. The predicted octanol–water partition coefficient (Wildman–Crippen LogP) is 4.93. The third kappa shape index (κ3) is 14.7. The van der Waals surface area contributed by atoms with Crippen LogP contribution in [0.15, 0.2) is 42.5 Å². The van der Waals surface area contributed by atoms with E-state index < -0.39 is 34.4 Å². The predicted molar refractivity (Wildman–Crippen MR) is 216 cm³/mol. The van der Waals surface area contributed by atoms with E-state index in [1.165, 1.54) is 0 Å². The lowest BCUT2D eigenvalue weighted by Gasteiger charge is -2.45. The maximum atomic E-state index is 14.2. The van der Waals surface area contributed by atoms with E-state index >= 15 is 0 Å². The first-order valence-electron chi connectivity index (χ1n) is 20.7. The highest BCUT2D eigenvalue weighted by molar-refractivity contribution is 5.77. The molecule has 21 heteroatoms. The van der Waals surface area contributed by atoms with Gasteiger partial charge in [-0.05, 0) is 73.9 Å². The fourth-order valence-corrected chi connectivity index (χ4v) is 7.69. The Morgan fingerprint density at radius 3 is 2.34 bits per heavy atom. The highest BCUT2D eigenvalue weighted by Crippen LogP contribution is 2.40. The summed E-state index contributed by atoms with van der Waals surface area (Å²) in [5.41, 5.74) is 2.91. The summed E-state index contributed by atoms with van der Waals surface area (Å²) < 4.78 is 29.5. The van der Waals surface area contributed by atoms with Gasteiger partial charge in [0.15, 0.2) is 6.10 Å². The number of H-pyrrole nitrogens is 1. The summed E-state index contributed by atoms with van der Waals surface area (Å²) in [5, 5.41) is 33.8. The number of esters is 1. The van der Waals surface area contributed by atoms with Crippen molar-refractivity contribution in [2.45, 2.75) is 101 Å². The number of aromatic amines is 1. The quantitative estimate of drug-likeness (QED) is 0.0462. The van der Waals surface area contributed by atoms with Gasteiger partial charge in [0.05, 0.1) is 45.3 Å². The van der Waals surface area contributed by atoms with Gasteiger partial charge >= 0.3 is 5.97 Å². The van der Waals surface area contributed by atoms with Crippen LogP contribution in [-0.2, 0) is 40.1 Å². The topological polar surface area (TPSA) is 246 Å². The van der Waals surface area contributed by atoms with E-state index in [-0.39, 0.29) is 63.3 Å². The Kier molecular flexibility index (Phi) is 18.5. The summed E-state index contributed by atoms with van der Waals surface area (Å²) >= 11 is 0. The number of amides is 1. The minimum Gasteiger partial charge on any atom is -0.497 e. The molecule has 5 rings (SSSR count). The molecule has 1 N–H and O–H groups in total. The Bertz CT molecular complexity index is 1820. The number of carbonyl (C=O) groups is 2. The Morgan fingerprint density at radius 1 is 0.934 bits per heavy atom. The average Bonchev–Trinajstić information content (AvgIpc) is 3.80. The number of carbonyl (C=O) groups excluding carboxylic acids is 2. The van der Waals surface area contributed by atoms with Crippen LogP contribution in [0.3, 0.4) is 0 Å². The summed E-state index contributed by atoms with van der Waals surface area (Å²) in [6.07, 6.45) is 3.04. The van der Waals surface area contributed by atoms with E-state index in [0.717, 1.165) is 42.1 Å². The number of unbranched alkanes of at least 4 members (excludes halogenated alkanes) is 4. The lowest BCUT2D eigenvalue weighted by atomic mass is 9.81. The van der Waals surface area contributed by atoms with Gasteiger partial charge in [0.25, 0.3) is 10.2 Å². The number of tetrazole rings is 1. The van der Waals surface area contributed by atoms with Gasteiger partial charge < -0.3 is 43.2 Å². The van der Waals surface area contributed by atoms with Gasteiger partial charge in [0, 0.05) is 58.0 Å². The normalized spacial score (nSPS) is 17.8. The summed E-state index contributed by atoms with van der Waals surface area (Å²) in [6.45, 7) is 3.18. The van der Waals surface area contributed by atoms with Crippen molar-refractivity contribution in [3.05, 3.63) is 79.6 Å². The van der Waals surface area contributed by atoms with Gasteiger partial charge in [-0.2, -0.15) is 5.21 Å². The van der Waals surface area contributed by atoms with Crippen molar-refractivity contribution in [2.24, 2.45) is 0 Å². The Balaban J connectivity index is 1.37. The lowest BCUT2D eigenvalue weighted by molar-refractivity contribution is -0.757.